The highest BCUT2D eigenvalue weighted by molar-refractivity contribution is 7.89. The zero-order valence-electron chi connectivity index (χ0n) is 10.6. The molecule has 0 radical (unpaired) electrons. The first-order valence-electron chi connectivity index (χ1n) is 5.70. The van der Waals surface area contributed by atoms with Crippen LogP contribution in [0.1, 0.15) is 10.4 Å². The van der Waals surface area contributed by atoms with Gasteiger partial charge in [-0.05, 0) is 36.4 Å². The molecule has 2 rings (SSSR count). The van der Waals surface area contributed by atoms with Gasteiger partial charge in [-0.15, -0.1) is 0 Å². The summed E-state index contributed by atoms with van der Waals surface area (Å²) in [5, 5.41) is 16.4. The van der Waals surface area contributed by atoms with E-state index >= 15 is 0 Å². The Kier molecular flexibility index (Phi) is 3.92. The zero-order chi connectivity index (χ0) is 15.6. The van der Waals surface area contributed by atoms with Crippen molar-refractivity contribution in [2.24, 2.45) is 5.14 Å². The average Bonchev–Trinajstić information content (AvgIpc) is 2.40. The molecule has 0 bridgehead atoms. The topological polar surface area (TPSA) is 109 Å². The van der Waals surface area contributed by atoms with Crippen molar-refractivity contribution in [3.8, 4) is 0 Å². The van der Waals surface area contributed by atoms with E-state index < -0.39 is 21.8 Å². The Balaban J connectivity index is 2.32. The number of benzene rings is 2. The first-order chi connectivity index (χ1) is 9.77. The highest BCUT2D eigenvalue weighted by Crippen LogP contribution is 2.23. The van der Waals surface area contributed by atoms with Gasteiger partial charge in [-0.3, -0.25) is 0 Å². The minimum Gasteiger partial charge on any atom is -0.478 e. The molecule has 0 aliphatic heterocycles. The lowest BCUT2D eigenvalue weighted by atomic mass is 10.2. The van der Waals surface area contributed by atoms with Gasteiger partial charge in [0.25, 0.3) is 0 Å². The molecule has 0 aliphatic rings. The molecular formula is C13H11FN2O4S. The third-order valence-corrected chi connectivity index (χ3v) is 3.57. The third kappa shape index (κ3) is 3.56. The van der Waals surface area contributed by atoms with E-state index in [2.05, 4.69) is 5.32 Å². The molecule has 4 N–H and O–H groups in total. The summed E-state index contributed by atoms with van der Waals surface area (Å²) in [5.74, 6) is -1.93. The molecule has 2 aromatic rings. The lowest BCUT2D eigenvalue weighted by molar-refractivity contribution is 0.0697. The normalized spacial score (nSPS) is 11.1. The van der Waals surface area contributed by atoms with E-state index in [1.165, 1.54) is 24.3 Å². The number of carboxylic acid groups (broad SMARTS) is 1. The van der Waals surface area contributed by atoms with Crippen molar-refractivity contribution in [1.82, 2.24) is 0 Å². The number of anilines is 2. The summed E-state index contributed by atoms with van der Waals surface area (Å²) in [7, 11) is -3.98. The van der Waals surface area contributed by atoms with Crippen LogP contribution in [-0.2, 0) is 10.0 Å². The lowest BCUT2D eigenvalue weighted by Gasteiger charge is -2.09. The molecule has 0 unspecified atom stereocenters. The predicted octanol–water partition coefficient (Wildman–Crippen LogP) is 1.91. The van der Waals surface area contributed by atoms with E-state index in [1.807, 2.05) is 0 Å². The Morgan fingerprint density at radius 1 is 1.19 bits per heavy atom. The molecule has 0 saturated heterocycles. The summed E-state index contributed by atoms with van der Waals surface area (Å²) in [6, 6.07) is 8.94. The number of carbonyl (C=O) groups is 1. The quantitative estimate of drug-likeness (QED) is 0.799. The van der Waals surface area contributed by atoms with Gasteiger partial charge in [-0.2, -0.15) is 0 Å². The Morgan fingerprint density at radius 3 is 2.48 bits per heavy atom. The molecule has 6 nitrogen and oxygen atoms in total. The van der Waals surface area contributed by atoms with Gasteiger partial charge in [0, 0.05) is 5.69 Å². The second kappa shape index (κ2) is 5.51. The number of nitrogens with two attached hydrogens (primary N) is 1. The number of carboxylic acids is 1. The van der Waals surface area contributed by atoms with Crippen molar-refractivity contribution in [1.29, 1.82) is 0 Å². The van der Waals surface area contributed by atoms with E-state index in [1.54, 1.807) is 6.07 Å². The van der Waals surface area contributed by atoms with Gasteiger partial charge < -0.3 is 10.4 Å². The molecule has 0 heterocycles. The largest absolute Gasteiger partial charge is 0.478 e. The Morgan fingerprint density at radius 2 is 1.90 bits per heavy atom. The Labute approximate surface area is 120 Å². The molecule has 110 valence electrons. The van der Waals surface area contributed by atoms with Crippen LogP contribution in [-0.4, -0.2) is 19.5 Å². The number of halogens is 1. The first kappa shape index (κ1) is 14.9. The van der Waals surface area contributed by atoms with Crippen molar-refractivity contribution in [2.45, 2.75) is 4.90 Å². The van der Waals surface area contributed by atoms with Gasteiger partial charge >= 0.3 is 5.97 Å². The van der Waals surface area contributed by atoms with Gasteiger partial charge in [0.05, 0.1) is 16.1 Å². The lowest BCUT2D eigenvalue weighted by Crippen LogP contribution is -2.12. The minimum absolute atomic E-state index is 0.00457. The van der Waals surface area contributed by atoms with Crippen LogP contribution < -0.4 is 10.5 Å². The van der Waals surface area contributed by atoms with Crippen LogP contribution in [0, 0.1) is 5.82 Å². The number of rotatable bonds is 4. The second-order valence-electron chi connectivity index (χ2n) is 4.20. The average molecular weight is 310 g/mol. The standard InChI is InChI=1S/C13H11FN2O4S/c14-11-7-10(21(15,19)20)4-5-12(11)16-9-3-1-2-8(6-9)13(17)18/h1-7,16H,(H,17,18)(H2,15,19,20). The third-order valence-electron chi connectivity index (χ3n) is 2.66. The zero-order valence-corrected chi connectivity index (χ0v) is 11.4. The number of sulfonamides is 1. The number of hydrogen-bond donors (Lipinski definition) is 3. The molecule has 0 aromatic heterocycles. The maximum Gasteiger partial charge on any atom is 0.335 e. The smallest absolute Gasteiger partial charge is 0.335 e. The van der Waals surface area contributed by atoms with Crippen LogP contribution in [0.3, 0.4) is 0 Å². The maximum atomic E-state index is 13.8. The summed E-state index contributed by atoms with van der Waals surface area (Å²) in [4.78, 5) is 10.5. The van der Waals surface area contributed by atoms with Gasteiger partial charge in [-0.1, -0.05) is 6.07 Å². The molecule has 21 heavy (non-hydrogen) atoms. The highest BCUT2D eigenvalue weighted by atomic mass is 32.2. The van der Waals surface area contributed by atoms with Crippen LogP contribution in [0.15, 0.2) is 47.4 Å². The summed E-state index contributed by atoms with van der Waals surface area (Å²) in [6.07, 6.45) is 0. The van der Waals surface area contributed by atoms with Crippen LogP contribution in [0.2, 0.25) is 0 Å². The van der Waals surface area contributed by atoms with Crippen molar-refractivity contribution in [3.63, 3.8) is 0 Å². The van der Waals surface area contributed by atoms with Gasteiger partial charge in [0.1, 0.15) is 5.82 Å². The van der Waals surface area contributed by atoms with Crippen molar-refractivity contribution < 1.29 is 22.7 Å². The minimum atomic E-state index is -3.98. The predicted molar refractivity (Wildman–Crippen MR) is 74.5 cm³/mol. The molecule has 0 fully saturated rings. The first-order valence-corrected chi connectivity index (χ1v) is 7.25. The molecule has 2 aromatic carbocycles. The van der Waals surface area contributed by atoms with Gasteiger partial charge in [0.15, 0.2) is 0 Å². The maximum absolute atomic E-state index is 13.8. The number of primary sulfonamides is 1. The number of hydrogen-bond acceptors (Lipinski definition) is 4. The van der Waals surface area contributed by atoms with Crippen molar-refractivity contribution in [3.05, 3.63) is 53.8 Å². The van der Waals surface area contributed by atoms with Crippen molar-refractivity contribution in [2.75, 3.05) is 5.32 Å². The van der Waals surface area contributed by atoms with E-state index in [9.17, 15) is 17.6 Å². The van der Waals surface area contributed by atoms with E-state index in [0.29, 0.717) is 5.69 Å². The second-order valence-corrected chi connectivity index (χ2v) is 5.76. The monoisotopic (exact) mass is 310 g/mol. The fourth-order valence-electron chi connectivity index (χ4n) is 1.66. The molecular weight excluding hydrogens is 299 g/mol. The molecule has 0 aliphatic carbocycles. The molecule has 0 saturated carbocycles. The number of nitrogens with one attached hydrogen (secondary N) is 1. The van der Waals surface area contributed by atoms with Crippen LogP contribution >= 0.6 is 0 Å². The van der Waals surface area contributed by atoms with Crippen LogP contribution in [0.5, 0.6) is 0 Å². The summed E-state index contributed by atoms with van der Waals surface area (Å²) in [6.45, 7) is 0. The number of aromatic carboxylic acids is 1. The molecule has 0 atom stereocenters. The van der Waals surface area contributed by atoms with Gasteiger partial charge in [0.2, 0.25) is 10.0 Å². The van der Waals surface area contributed by atoms with Crippen molar-refractivity contribution >= 4 is 27.4 Å². The highest BCUT2D eigenvalue weighted by Gasteiger charge is 2.12. The molecule has 0 amide bonds. The van der Waals surface area contributed by atoms with Crippen LogP contribution in [0.4, 0.5) is 15.8 Å². The van der Waals surface area contributed by atoms with Gasteiger partial charge in [-0.25, -0.2) is 22.7 Å². The molecule has 0 spiro atoms. The Bertz CT molecular complexity index is 806. The fraction of sp³-hybridized carbons (Fsp3) is 0. The SMILES string of the molecule is NS(=O)(=O)c1ccc(Nc2cccc(C(=O)O)c2)c(F)c1. The van der Waals surface area contributed by atoms with Crippen LogP contribution in [0.25, 0.3) is 0 Å². The summed E-state index contributed by atoms with van der Waals surface area (Å²) < 4.78 is 36.0. The summed E-state index contributed by atoms with van der Waals surface area (Å²) >= 11 is 0. The Hall–Kier alpha value is -2.45. The fourth-order valence-corrected chi connectivity index (χ4v) is 2.19. The van der Waals surface area contributed by atoms with E-state index in [-0.39, 0.29) is 16.1 Å². The van der Waals surface area contributed by atoms with E-state index in [0.717, 1.165) is 12.1 Å². The summed E-state index contributed by atoms with van der Waals surface area (Å²) in [5.41, 5.74) is 0.406. The van der Waals surface area contributed by atoms with E-state index in [4.69, 9.17) is 10.2 Å². The molecule has 8 heteroatoms.